The summed E-state index contributed by atoms with van der Waals surface area (Å²) >= 11 is 0. The van der Waals surface area contributed by atoms with Crippen LogP contribution in [0, 0.1) is 5.92 Å². The molecule has 2 saturated heterocycles. The number of carbonyl (C=O) groups excluding carboxylic acids is 1. The monoisotopic (exact) mass is 247 g/mol. The molecular weight excluding hydrogens is 222 g/mol. The summed E-state index contributed by atoms with van der Waals surface area (Å²) in [4.78, 5) is 12.4. The van der Waals surface area contributed by atoms with Gasteiger partial charge in [0.15, 0.2) is 5.78 Å². The van der Waals surface area contributed by atoms with Crippen LogP contribution in [0.4, 0.5) is 0 Å². The van der Waals surface area contributed by atoms with Gasteiger partial charge >= 0.3 is 0 Å². The minimum absolute atomic E-state index is 0.461. The second-order valence-corrected chi connectivity index (χ2v) is 6.43. The van der Waals surface area contributed by atoms with Gasteiger partial charge in [-0.15, -0.1) is 0 Å². The van der Waals surface area contributed by atoms with Crippen molar-refractivity contribution in [3.8, 4) is 0 Å². The summed E-state index contributed by atoms with van der Waals surface area (Å²) < 4.78 is 0. The predicted octanol–water partition coefficient (Wildman–Crippen LogP) is 3.37. The first kappa shape index (κ1) is 12.4. The standard InChI is InChI=1S/C16H25NO/c18-16(13-5-3-1-2-4-6-13)11-12-9-14-7-8-15(10-12)17-14/h5,12,14-15,17H,1-4,6-11H2. The van der Waals surface area contributed by atoms with Crippen molar-refractivity contribution in [2.24, 2.45) is 5.92 Å². The van der Waals surface area contributed by atoms with Gasteiger partial charge in [-0.25, -0.2) is 0 Å². The lowest BCUT2D eigenvalue weighted by Gasteiger charge is -2.28. The number of rotatable bonds is 3. The highest BCUT2D eigenvalue weighted by Gasteiger charge is 2.34. The number of hydrogen-bond acceptors (Lipinski definition) is 2. The highest BCUT2D eigenvalue weighted by atomic mass is 16.1. The molecule has 2 nitrogen and oxygen atoms in total. The number of nitrogens with one attached hydrogen (secondary N) is 1. The Morgan fingerprint density at radius 1 is 1.17 bits per heavy atom. The largest absolute Gasteiger partial charge is 0.311 e. The van der Waals surface area contributed by atoms with Gasteiger partial charge in [-0.2, -0.15) is 0 Å². The van der Waals surface area contributed by atoms with Crippen LogP contribution < -0.4 is 5.32 Å². The summed E-state index contributed by atoms with van der Waals surface area (Å²) in [7, 11) is 0. The zero-order chi connectivity index (χ0) is 12.4. The van der Waals surface area contributed by atoms with Crippen molar-refractivity contribution in [2.45, 2.75) is 76.3 Å². The van der Waals surface area contributed by atoms with Crippen LogP contribution in [0.5, 0.6) is 0 Å². The van der Waals surface area contributed by atoms with Crippen molar-refractivity contribution < 1.29 is 4.79 Å². The summed E-state index contributed by atoms with van der Waals surface area (Å²) in [6, 6.07) is 1.43. The van der Waals surface area contributed by atoms with Crippen LogP contribution in [0.3, 0.4) is 0 Å². The normalized spacial score (nSPS) is 36.0. The van der Waals surface area contributed by atoms with E-state index in [1.807, 2.05) is 0 Å². The highest BCUT2D eigenvalue weighted by Crippen LogP contribution is 2.33. The van der Waals surface area contributed by atoms with E-state index in [0.29, 0.717) is 23.8 Å². The van der Waals surface area contributed by atoms with Crippen LogP contribution in [0.1, 0.15) is 64.2 Å². The first-order chi connectivity index (χ1) is 8.81. The fourth-order valence-corrected chi connectivity index (χ4v) is 4.00. The second-order valence-electron chi connectivity index (χ2n) is 6.43. The molecule has 2 bridgehead atoms. The fourth-order valence-electron chi connectivity index (χ4n) is 4.00. The Morgan fingerprint density at radius 2 is 1.94 bits per heavy atom. The average Bonchev–Trinajstić information content (AvgIpc) is 2.59. The van der Waals surface area contributed by atoms with Crippen molar-refractivity contribution in [3.63, 3.8) is 0 Å². The van der Waals surface area contributed by atoms with E-state index >= 15 is 0 Å². The molecule has 0 radical (unpaired) electrons. The quantitative estimate of drug-likeness (QED) is 0.828. The molecule has 2 fully saturated rings. The van der Waals surface area contributed by atoms with Crippen LogP contribution in [0.25, 0.3) is 0 Å². The van der Waals surface area contributed by atoms with Crippen molar-refractivity contribution >= 4 is 5.78 Å². The Hall–Kier alpha value is -0.630. The second kappa shape index (κ2) is 5.56. The van der Waals surface area contributed by atoms with Gasteiger partial charge in [0.2, 0.25) is 0 Å². The lowest BCUT2D eigenvalue weighted by atomic mass is 9.86. The van der Waals surface area contributed by atoms with Gasteiger partial charge in [0.1, 0.15) is 0 Å². The molecule has 2 heteroatoms. The van der Waals surface area contributed by atoms with E-state index in [2.05, 4.69) is 11.4 Å². The molecule has 3 aliphatic rings. The van der Waals surface area contributed by atoms with E-state index < -0.39 is 0 Å². The number of hydrogen-bond donors (Lipinski definition) is 1. The van der Waals surface area contributed by atoms with E-state index in [1.165, 1.54) is 44.9 Å². The van der Waals surface area contributed by atoms with Crippen molar-refractivity contribution in [3.05, 3.63) is 11.6 Å². The molecule has 0 aromatic heterocycles. The zero-order valence-electron chi connectivity index (χ0n) is 11.3. The Balaban J connectivity index is 1.55. The Kier molecular flexibility index (Phi) is 3.83. The molecule has 100 valence electrons. The van der Waals surface area contributed by atoms with Crippen LogP contribution >= 0.6 is 0 Å². The van der Waals surface area contributed by atoms with Crippen LogP contribution in [0.2, 0.25) is 0 Å². The Labute approximate surface area is 110 Å². The maximum absolute atomic E-state index is 12.4. The van der Waals surface area contributed by atoms with Crippen molar-refractivity contribution in [2.75, 3.05) is 0 Å². The molecule has 2 unspecified atom stereocenters. The number of Topliss-reactive ketones (excluding diaryl/α,β-unsaturated/α-hetero) is 1. The Morgan fingerprint density at radius 3 is 2.72 bits per heavy atom. The molecule has 18 heavy (non-hydrogen) atoms. The maximum atomic E-state index is 12.4. The van der Waals surface area contributed by atoms with Crippen molar-refractivity contribution in [1.29, 1.82) is 0 Å². The summed E-state index contributed by atoms with van der Waals surface area (Å²) in [6.45, 7) is 0. The minimum atomic E-state index is 0.461. The van der Waals surface area contributed by atoms with Gasteiger partial charge in [0.25, 0.3) is 0 Å². The van der Waals surface area contributed by atoms with Gasteiger partial charge in [-0.1, -0.05) is 12.5 Å². The third-order valence-corrected chi connectivity index (χ3v) is 4.94. The predicted molar refractivity (Wildman–Crippen MR) is 73.5 cm³/mol. The van der Waals surface area contributed by atoms with E-state index in [9.17, 15) is 4.79 Å². The fraction of sp³-hybridized carbons (Fsp3) is 0.812. The molecule has 0 aromatic rings. The van der Waals surface area contributed by atoms with Crippen LogP contribution in [-0.2, 0) is 4.79 Å². The molecule has 3 rings (SSSR count). The molecule has 0 saturated carbocycles. The summed E-state index contributed by atoms with van der Waals surface area (Å²) in [5.41, 5.74) is 1.15. The van der Waals surface area contributed by atoms with Crippen LogP contribution in [0.15, 0.2) is 11.6 Å². The average molecular weight is 247 g/mol. The molecule has 1 aliphatic carbocycles. The third kappa shape index (κ3) is 2.85. The summed E-state index contributed by atoms with van der Waals surface area (Å²) in [5.74, 6) is 1.11. The first-order valence-electron chi connectivity index (χ1n) is 7.79. The highest BCUT2D eigenvalue weighted by molar-refractivity contribution is 5.95. The number of piperidine rings is 1. The van der Waals surface area contributed by atoms with Gasteiger partial charge in [0, 0.05) is 18.5 Å². The molecular formula is C16H25NO. The van der Waals surface area contributed by atoms with Gasteiger partial charge in [0.05, 0.1) is 0 Å². The molecule has 0 amide bonds. The molecule has 0 aromatic carbocycles. The Bertz CT molecular complexity index is 335. The molecule has 2 atom stereocenters. The smallest absolute Gasteiger partial charge is 0.158 e. The van der Waals surface area contributed by atoms with Gasteiger partial charge in [-0.05, 0) is 62.9 Å². The first-order valence-corrected chi connectivity index (χ1v) is 7.79. The number of ketones is 1. The number of allylic oxidation sites excluding steroid dienone is 2. The number of fused-ring (bicyclic) bond motifs is 2. The van der Waals surface area contributed by atoms with E-state index in [4.69, 9.17) is 0 Å². The van der Waals surface area contributed by atoms with E-state index in [-0.39, 0.29) is 0 Å². The molecule has 2 heterocycles. The van der Waals surface area contributed by atoms with Gasteiger partial charge < -0.3 is 5.32 Å². The van der Waals surface area contributed by atoms with E-state index in [1.54, 1.807) is 0 Å². The molecule has 1 N–H and O–H groups in total. The van der Waals surface area contributed by atoms with Crippen molar-refractivity contribution in [1.82, 2.24) is 5.32 Å². The number of carbonyl (C=O) groups is 1. The lowest BCUT2D eigenvalue weighted by molar-refractivity contribution is -0.116. The lowest BCUT2D eigenvalue weighted by Crippen LogP contribution is -2.38. The molecule has 0 spiro atoms. The summed E-state index contributed by atoms with van der Waals surface area (Å²) in [6.07, 6.45) is 14.1. The third-order valence-electron chi connectivity index (χ3n) is 4.94. The summed E-state index contributed by atoms with van der Waals surface area (Å²) in [5, 5.41) is 3.66. The van der Waals surface area contributed by atoms with E-state index in [0.717, 1.165) is 24.8 Å². The topological polar surface area (TPSA) is 29.1 Å². The minimum Gasteiger partial charge on any atom is -0.311 e. The zero-order valence-corrected chi connectivity index (χ0v) is 11.3. The SMILES string of the molecule is O=C(CC1CC2CCC(C1)N2)C1=CCCCCC1. The van der Waals surface area contributed by atoms with Gasteiger partial charge in [-0.3, -0.25) is 4.79 Å². The molecule has 2 aliphatic heterocycles. The maximum Gasteiger partial charge on any atom is 0.158 e. The van der Waals surface area contributed by atoms with Crippen LogP contribution in [-0.4, -0.2) is 17.9 Å².